The van der Waals surface area contributed by atoms with Gasteiger partial charge in [0, 0.05) is 12.6 Å². The van der Waals surface area contributed by atoms with Crippen LogP contribution in [0.4, 0.5) is 4.79 Å². The Hall–Kier alpha value is -2.04. The van der Waals surface area contributed by atoms with Crippen molar-refractivity contribution in [2.45, 2.75) is 45.2 Å². The van der Waals surface area contributed by atoms with Crippen molar-refractivity contribution in [1.29, 1.82) is 0 Å². The van der Waals surface area contributed by atoms with Gasteiger partial charge >= 0.3 is 12.0 Å². The largest absolute Gasteiger partial charge is 0.465 e. The molecule has 0 atom stereocenters. The molecular weight excluding hydrogens is 280 g/mol. The molecule has 1 fully saturated rings. The molecule has 0 radical (unpaired) electrons. The molecule has 5 heteroatoms. The van der Waals surface area contributed by atoms with Crippen molar-refractivity contribution in [1.82, 2.24) is 10.6 Å². The quantitative estimate of drug-likeness (QED) is 0.841. The Bertz CT molecular complexity index is 505. The smallest absolute Gasteiger partial charge is 0.337 e. The third-order valence-electron chi connectivity index (χ3n) is 4.18. The SMILES string of the molecule is COC(=O)c1ccc(CNC(=O)NC2CCC(C)CC2)cc1. The number of ether oxygens (including phenoxy) is 1. The normalized spacial score (nSPS) is 21.0. The van der Waals surface area contributed by atoms with Crippen LogP contribution in [0.25, 0.3) is 0 Å². The molecule has 1 aromatic carbocycles. The zero-order valence-corrected chi connectivity index (χ0v) is 13.2. The molecule has 5 nitrogen and oxygen atoms in total. The van der Waals surface area contributed by atoms with Crippen molar-refractivity contribution < 1.29 is 14.3 Å². The van der Waals surface area contributed by atoms with E-state index >= 15 is 0 Å². The lowest BCUT2D eigenvalue weighted by atomic mass is 9.87. The number of urea groups is 1. The summed E-state index contributed by atoms with van der Waals surface area (Å²) in [5.74, 6) is 0.415. The summed E-state index contributed by atoms with van der Waals surface area (Å²) in [7, 11) is 1.36. The Balaban J connectivity index is 1.75. The summed E-state index contributed by atoms with van der Waals surface area (Å²) in [6, 6.07) is 7.19. The highest BCUT2D eigenvalue weighted by molar-refractivity contribution is 5.89. The maximum Gasteiger partial charge on any atom is 0.337 e. The second-order valence-electron chi connectivity index (χ2n) is 5.97. The average Bonchev–Trinajstić information content (AvgIpc) is 2.55. The number of hydrogen-bond donors (Lipinski definition) is 2. The number of nitrogens with one attached hydrogen (secondary N) is 2. The second-order valence-corrected chi connectivity index (χ2v) is 5.97. The molecule has 0 unspecified atom stereocenters. The van der Waals surface area contributed by atoms with E-state index in [0.29, 0.717) is 12.1 Å². The Morgan fingerprint density at radius 1 is 1.14 bits per heavy atom. The van der Waals surface area contributed by atoms with Crippen molar-refractivity contribution in [3.8, 4) is 0 Å². The predicted octanol–water partition coefficient (Wildman–Crippen LogP) is 2.85. The predicted molar refractivity (Wildman–Crippen MR) is 84.6 cm³/mol. The first kappa shape index (κ1) is 16.3. The first-order valence-corrected chi connectivity index (χ1v) is 7.80. The van der Waals surface area contributed by atoms with E-state index < -0.39 is 0 Å². The lowest BCUT2D eigenvalue weighted by Gasteiger charge is -2.26. The number of carbonyl (C=O) groups is 2. The zero-order valence-electron chi connectivity index (χ0n) is 13.2. The third-order valence-corrected chi connectivity index (χ3v) is 4.18. The van der Waals surface area contributed by atoms with E-state index in [9.17, 15) is 9.59 Å². The lowest BCUT2D eigenvalue weighted by Crippen LogP contribution is -2.43. The van der Waals surface area contributed by atoms with Crippen LogP contribution in [0.1, 0.15) is 48.5 Å². The number of methoxy groups -OCH3 is 1. The van der Waals surface area contributed by atoms with Gasteiger partial charge in [-0.1, -0.05) is 19.1 Å². The molecule has 1 aliphatic carbocycles. The van der Waals surface area contributed by atoms with Gasteiger partial charge in [-0.15, -0.1) is 0 Å². The Morgan fingerprint density at radius 2 is 1.77 bits per heavy atom. The van der Waals surface area contributed by atoms with Crippen LogP contribution in [0.3, 0.4) is 0 Å². The number of carbonyl (C=O) groups excluding carboxylic acids is 2. The van der Waals surface area contributed by atoms with Crippen molar-refractivity contribution in [2.75, 3.05) is 7.11 Å². The van der Waals surface area contributed by atoms with Crippen LogP contribution in [0, 0.1) is 5.92 Å². The van der Waals surface area contributed by atoms with E-state index in [-0.39, 0.29) is 18.0 Å². The van der Waals surface area contributed by atoms with E-state index in [1.807, 2.05) is 12.1 Å². The molecule has 120 valence electrons. The van der Waals surface area contributed by atoms with Crippen LogP contribution in [-0.2, 0) is 11.3 Å². The van der Waals surface area contributed by atoms with Gasteiger partial charge in [0.1, 0.15) is 0 Å². The average molecular weight is 304 g/mol. The van der Waals surface area contributed by atoms with E-state index in [1.54, 1.807) is 12.1 Å². The van der Waals surface area contributed by atoms with Gasteiger partial charge in [-0.3, -0.25) is 0 Å². The molecule has 22 heavy (non-hydrogen) atoms. The fraction of sp³-hybridized carbons (Fsp3) is 0.529. The van der Waals surface area contributed by atoms with Gasteiger partial charge in [0.2, 0.25) is 0 Å². The minimum Gasteiger partial charge on any atom is -0.465 e. The number of esters is 1. The van der Waals surface area contributed by atoms with Gasteiger partial charge in [0.15, 0.2) is 0 Å². The van der Waals surface area contributed by atoms with Crippen LogP contribution in [0.2, 0.25) is 0 Å². The van der Waals surface area contributed by atoms with Crippen molar-refractivity contribution >= 4 is 12.0 Å². The summed E-state index contributed by atoms with van der Waals surface area (Å²) in [5, 5.41) is 5.88. The summed E-state index contributed by atoms with van der Waals surface area (Å²) in [5.41, 5.74) is 1.45. The first-order valence-electron chi connectivity index (χ1n) is 7.80. The molecule has 0 spiro atoms. The maximum atomic E-state index is 11.9. The number of benzene rings is 1. The number of hydrogen-bond acceptors (Lipinski definition) is 3. The summed E-state index contributed by atoms with van der Waals surface area (Å²) in [4.78, 5) is 23.2. The van der Waals surface area contributed by atoms with Gasteiger partial charge in [0.05, 0.1) is 12.7 Å². The van der Waals surface area contributed by atoms with Crippen LogP contribution in [0.5, 0.6) is 0 Å². The molecular formula is C17H24N2O3. The molecule has 0 heterocycles. The Morgan fingerprint density at radius 3 is 2.36 bits per heavy atom. The van der Waals surface area contributed by atoms with Gasteiger partial charge in [-0.05, 0) is 49.3 Å². The first-order chi connectivity index (χ1) is 10.6. The van der Waals surface area contributed by atoms with Crippen molar-refractivity contribution in [3.05, 3.63) is 35.4 Å². The Kier molecular flexibility index (Phi) is 5.81. The lowest BCUT2D eigenvalue weighted by molar-refractivity contribution is 0.0600. The highest BCUT2D eigenvalue weighted by Gasteiger charge is 2.19. The standard InChI is InChI=1S/C17H24N2O3/c1-12-3-9-15(10-4-12)19-17(21)18-11-13-5-7-14(8-6-13)16(20)22-2/h5-8,12,15H,3-4,9-11H2,1-2H3,(H2,18,19,21). The van der Waals surface area contributed by atoms with E-state index in [0.717, 1.165) is 24.3 Å². The molecule has 1 aromatic rings. The summed E-state index contributed by atoms with van der Waals surface area (Å²) < 4.78 is 4.65. The van der Waals surface area contributed by atoms with E-state index in [1.165, 1.54) is 20.0 Å². The van der Waals surface area contributed by atoms with Crippen molar-refractivity contribution in [3.63, 3.8) is 0 Å². The monoisotopic (exact) mass is 304 g/mol. The molecule has 0 bridgehead atoms. The molecule has 0 aromatic heterocycles. The van der Waals surface area contributed by atoms with Gasteiger partial charge in [-0.2, -0.15) is 0 Å². The second kappa shape index (κ2) is 7.82. The van der Waals surface area contributed by atoms with Gasteiger partial charge in [-0.25, -0.2) is 9.59 Å². The molecule has 0 aliphatic heterocycles. The minimum atomic E-state index is -0.358. The van der Waals surface area contributed by atoms with Crippen molar-refractivity contribution in [2.24, 2.45) is 5.92 Å². The number of amides is 2. The van der Waals surface area contributed by atoms with Crippen LogP contribution in [0.15, 0.2) is 24.3 Å². The fourth-order valence-electron chi connectivity index (χ4n) is 2.70. The summed E-state index contributed by atoms with van der Waals surface area (Å²) in [6.45, 7) is 2.70. The Labute approximate surface area is 131 Å². The molecule has 1 saturated carbocycles. The topological polar surface area (TPSA) is 67.4 Å². The summed E-state index contributed by atoms with van der Waals surface area (Å²) in [6.07, 6.45) is 4.48. The molecule has 2 N–H and O–H groups in total. The zero-order chi connectivity index (χ0) is 15.9. The molecule has 2 amide bonds. The molecule has 2 rings (SSSR count). The van der Waals surface area contributed by atoms with Crippen LogP contribution in [-0.4, -0.2) is 25.2 Å². The third kappa shape index (κ3) is 4.76. The van der Waals surface area contributed by atoms with E-state index in [2.05, 4.69) is 22.3 Å². The summed E-state index contributed by atoms with van der Waals surface area (Å²) >= 11 is 0. The van der Waals surface area contributed by atoms with E-state index in [4.69, 9.17) is 0 Å². The van der Waals surface area contributed by atoms with Crippen LogP contribution >= 0.6 is 0 Å². The van der Waals surface area contributed by atoms with Crippen LogP contribution < -0.4 is 10.6 Å². The fourth-order valence-corrected chi connectivity index (χ4v) is 2.70. The van der Waals surface area contributed by atoms with Gasteiger partial charge in [0.25, 0.3) is 0 Å². The highest BCUT2D eigenvalue weighted by Crippen LogP contribution is 2.23. The highest BCUT2D eigenvalue weighted by atomic mass is 16.5. The minimum absolute atomic E-state index is 0.128. The van der Waals surface area contributed by atoms with Gasteiger partial charge < -0.3 is 15.4 Å². The number of rotatable bonds is 4. The molecule has 0 saturated heterocycles. The molecule has 1 aliphatic rings. The maximum absolute atomic E-state index is 11.9.